The van der Waals surface area contributed by atoms with E-state index in [9.17, 15) is 5.11 Å². The van der Waals surface area contributed by atoms with Crippen molar-refractivity contribution in [3.63, 3.8) is 0 Å². The van der Waals surface area contributed by atoms with E-state index in [1.54, 1.807) is 10.9 Å². The highest BCUT2D eigenvalue weighted by Gasteiger charge is 2.23. The van der Waals surface area contributed by atoms with E-state index >= 15 is 0 Å². The lowest BCUT2D eigenvalue weighted by atomic mass is 10.2. The van der Waals surface area contributed by atoms with Crippen LogP contribution in [0.1, 0.15) is 61.1 Å². The molecule has 9 heteroatoms. The van der Waals surface area contributed by atoms with Gasteiger partial charge >= 0.3 is 0 Å². The number of hydrogen-bond acceptors (Lipinski definition) is 7. The molecule has 1 N–H and O–H groups in total. The van der Waals surface area contributed by atoms with Crippen molar-refractivity contribution in [3.8, 4) is 0 Å². The Morgan fingerprint density at radius 3 is 2.85 bits per heavy atom. The number of aromatic nitrogens is 6. The molecule has 0 unspecified atom stereocenters. The van der Waals surface area contributed by atoms with Gasteiger partial charge in [0.15, 0.2) is 5.82 Å². The molecule has 0 amide bonds. The van der Waals surface area contributed by atoms with E-state index < -0.39 is 6.10 Å². The first-order valence-electron chi connectivity index (χ1n) is 9.28. The van der Waals surface area contributed by atoms with Gasteiger partial charge in [0.25, 0.3) is 0 Å². The Bertz CT molecular complexity index is 911. The third-order valence-corrected chi connectivity index (χ3v) is 4.89. The molecule has 3 aromatic rings. The molecular weight excluding hydrogens is 346 g/mol. The summed E-state index contributed by atoms with van der Waals surface area (Å²) in [5.41, 5.74) is 2.45. The van der Waals surface area contributed by atoms with Crippen molar-refractivity contribution in [1.29, 1.82) is 0 Å². The fourth-order valence-electron chi connectivity index (χ4n) is 3.38. The Kier molecular flexibility index (Phi) is 4.79. The molecule has 1 aliphatic rings. The van der Waals surface area contributed by atoms with Gasteiger partial charge in [-0.15, -0.1) is 0 Å². The quantitative estimate of drug-likeness (QED) is 0.727. The Morgan fingerprint density at radius 1 is 1.30 bits per heavy atom. The zero-order chi connectivity index (χ0) is 19.0. The predicted octanol–water partition coefficient (Wildman–Crippen LogP) is 1.61. The molecule has 1 atom stereocenters. The molecule has 0 aromatic carbocycles. The van der Waals surface area contributed by atoms with Gasteiger partial charge in [0.05, 0.1) is 23.6 Å². The summed E-state index contributed by atoms with van der Waals surface area (Å²) in [7, 11) is 1.82. The van der Waals surface area contributed by atoms with Crippen molar-refractivity contribution in [1.82, 2.24) is 34.6 Å². The molecule has 0 saturated heterocycles. The van der Waals surface area contributed by atoms with Crippen LogP contribution in [-0.4, -0.2) is 46.3 Å². The summed E-state index contributed by atoms with van der Waals surface area (Å²) in [6.07, 6.45) is 1.87. The molecule has 9 nitrogen and oxygen atoms in total. The van der Waals surface area contributed by atoms with Gasteiger partial charge in [-0.1, -0.05) is 19.0 Å². The van der Waals surface area contributed by atoms with Crippen molar-refractivity contribution < 1.29 is 9.63 Å². The largest absolute Gasteiger partial charge is 0.380 e. The van der Waals surface area contributed by atoms with Crippen LogP contribution in [0.2, 0.25) is 0 Å². The van der Waals surface area contributed by atoms with Crippen LogP contribution >= 0.6 is 0 Å². The average Bonchev–Trinajstić information content (AvgIpc) is 3.33. The normalized spacial score (nSPS) is 16.5. The van der Waals surface area contributed by atoms with Gasteiger partial charge in [0, 0.05) is 38.8 Å². The van der Waals surface area contributed by atoms with Gasteiger partial charge in [0.1, 0.15) is 6.10 Å². The van der Waals surface area contributed by atoms with Gasteiger partial charge in [-0.3, -0.25) is 14.3 Å². The van der Waals surface area contributed by atoms with Crippen molar-refractivity contribution in [2.75, 3.05) is 6.54 Å². The van der Waals surface area contributed by atoms with Gasteiger partial charge in [0.2, 0.25) is 5.89 Å². The lowest BCUT2D eigenvalue weighted by Gasteiger charge is -2.16. The van der Waals surface area contributed by atoms with Crippen LogP contribution in [0.4, 0.5) is 0 Å². The molecule has 0 fully saturated rings. The van der Waals surface area contributed by atoms with E-state index in [1.165, 1.54) is 0 Å². The Balaban J connectivity index is 1.50. The van der Waals surface area contributed by atoms with Crippen LogP contribution in [0.25, 0.3) is 0 Å². The molecule has 4 heterocycles. The first-order chi connectivity index (χ1) is 13.0. The summed E-state index contributed by atoms with van der Waals surface area (Å²) in [5.74, 6) is 1.64. The molecule has 144 valence electrons. The van der Waals surface area contributed by atoms with Crippen molar-refractivity contribution in [3.05, 3.63) is 47.1 Å². The molecule has 27 heavy (non-hydrogen) atoms. The summed E-state index contributed by atoms with van der Waals surface area (Å²) in [6.45, 7) is 7.20. The minimum atomic E-state index is -0.782. The number of hydrogen-bond donors (Lipinski definition) is 1. The van der Waals surface area contributed by atoms with Crippen molar-refractivity contribution in [2.45, 2.75) is 51.9 Å². The maximum Gasteiger partial charge on any atom is 0.240 e. The van der Waals surface area contributed by atoms with Gasteiger partial charge in [-0.05, 0) is 18.6 Å². The zero-order valence-electron chi connectivity index (χ0n) is 15.9. The number of nitrogens with zero attached hydrogens (tertiary/aromatic N) is 7. The van der Waals surface area contributed by atoms with E-state index in [1.807, 2.05) is 37.7 Å². The highest BCUT2D eigenvalue weighted by molar-refractivity contribution is 5.21. The summed E-state index contributed by atoms with van der Waals surface area (Å²) in [4.78, 5) is 6.75. The monoisotopic (exact) mass is 371 g/mol. The minimum absolute atomic E-state index is 0.254. The second-order valence-electron chi connectivity index (χ2n) is 7.33. The number of aliphatic hydroxyl groups excluding tert-OH is 1. The average molecular weight is 371 g/mol. The number of fused-ring (bicyclic) bond motifs is 1. The van der Waals surface area contributed by atoms with Crippen LogP contribution < -0.4 is 0 Å². The molecule has 0 radical (unpaired) electrons. The van der Waals surface area contributed by atoms with Crippen LogP contribution in [-0.2, 0) is 26.7 Å². The maximum atomic E-state index is 10.7. The molecule has 0 aliphatic carbocycles. The lowest BCUT2D eigenvalue weighted by molar-refractivity contribution is 0.203. The number of aryl methyl sites for hydroxylation is 2. The van der Waals surface area contributed by atoms with Gasteiger partial charge in [-0.25, -0.2) is 0 Å². The Labute approximate surface area is 157 Å². The summed E-state index contributed by atoms with van der Waals surface area (Å²) >= 11 is 0. The predicted molar refractivity (Wildman–Crippen MR) is 96.6 cm³/mol. The van der Waals surface area contributed by atoms with Crippen molar-refractivity contribution in [2.24, 2.45) is 7.05 Å². The van der Waals surface area contributed by atoms with Gasteiger partial charge in [-0.2, -0.15) is 15.2 Å². The molecule has 3 aromatic heterocycles. The van der Waals surface area contributed by atoms with Crippen LogP contribution in [0, 0.1) is 0 Å². The molecule has 1 aliphatic heterocycles. The topological polar surface area (TPSA) is 98.0 Å². The molecule has 0 saturated carbocycles. The standard InChI is InChI=1S/C18H25N7O2/c1-12(2)18-20-16(27-22-18)11-24-7-4-8-25-13(10-24)9-14(21-25)17(26)15-5-6-19-23(15)3/h5-6,9,12,17,26H,4,7-8,10-11H2,1-3H3/t17-/m0/s1. The van der Waals surface area contributed by atoms with Crippen LogP contribution in [0.15, 0.2) is 22.9 Å². The SMILES string of the molecule is CC(C)c1noc(CN2CCCn3nc([C@H](O)c4ccnn4C)cc3C2)n1. The highest BCUT2D eigenvalue weighted by Crippen LogP contribution is 2.23. The summed E-state index contributed by atoms with van der Waals surface area (Å²) in [6, 6.07) is 3.78. The van der Waals surface area contributed by atoms with Gasteiger partial charge < -0.3 is 9.63 Å². The Hall–Kier alpha value is -2.52. The second-order valence-corrected chi connectivity index (χ2v) is 7.33. The third kappa shape index (κ3) is 3.65. The maximum absolute atomic E-state index is 10.7. The fourth-order valence-corrected chi connectivity index (χ4v) is 3.38. The molecular formula is C18H25N7O2. The molecule has 0 spiro atoms. The Morgan fingerprint density at radius 2 is 2.15 bits per heavy atom. The summed E-state index contributed by atoms with van der Waals surface area (Å²) in [5, 5.41) is 23.4. The van der Waals surface area contributed by atoms with E-state index in [2.05, 4.69) is 25.2 Å². The smallest absolute Gasteiger partial charge is 0.240 e. The molecule has 4 rings (SSSR count). The third-order valence-electron chi connectivity index (χ3n) is 4.89. The first kappa shape index (κ1) is 17.9. The fraction of sp³-hybridized carbons (Fsp3) is 0.556. The molecule has 0 bridgehead atoms. The van der Waals surface area contributed by atoms with Crippen LogP contribution in [0.3, 0.4) is 0 Å². The van der Waals surface area contributed by atoms with E-state index in [-0.39, 0.29) is 5.92 Å². The van der Waals surface area contributed by atoms with E-state index in [0.29, 0.717) is 18.1 Å². The second kappa shape index (κ2) is 7.24. The summed E-state index contributed by atoms with van der Waals surface area (Å²) < 4.78 is 9.05. The zero-order valence-corrected chi connectivity index (χ0v) is 15.9. The van der Waals surface area contributed by atoms with E-state index in [0.717, 1.165) is 43.3 Å². The van der Waals surface area contributed by atoms with E-state index in [4.69, 9.17) is 4.52 Å². The van der Waals surface area contributed by atoms with Crippen LogP contribution in [0.5, 0.6) is 0 Å². The lowest BCUT2D eigenvalue weighted by Crippen LogP contribution is -2.23. The highest BCUT2D eigenvalue weighted by atomic mass is 16.5. The minimum Gasteiger partial charge on any atom is -0.380 e. The van der Waals surface area contributed by atoms with Crippen molar-refractivity contribution >= 4 is 0 Å². The first-order valence-corrected chi connectivity index (χ1v) is 9.28. The number of rotatable bonds is 5. The number of aliphatic hydroxyl groups is 1.